The molecule has 24 heavy (non-hydrogen) atoms. The Balaban J connectivity index is 2.93. The van der Waals surface area contributed by atoms with Crippen LogP contribution >= 0.6 is 0 Å². The molecule has 1 rings (SSSR count). The van der Waals surface area contributed by atoms with Gasteiger partial charge >= 0.3 is 11.9 Å². The largest absolute Gasteiger partial charge is 0.481 e. The monoisotopic (exact) mass is 340 g/mol. The van der Waals surface area contributed by atoms with Crippen LogP contribution in [0.25, 0.3) is 0 Å². The lowest BCUT2D eigenvalue weighted by molar-refractivity contribution is -0.174. The Labute approximate surface area is 147 Å². The summed E-state index contributed by atoms with van der Waals surface area (Å²) in [5.74, 6) is 0.152. The third-order valence-electron chi connectivity index (χ3n) is 5.11. The van der Waals surface area contributed by atoms with Gasteiger partial charge in [0.25, 0.3) is 0 Å². The van der Waals surface area contributed by atoms with Gasteiger partial charge in [-0.25, -0.2) is 0 Å². The molecule has 0 saturated heterocycles. The number of hydrogen-bond donors (Lipinski definition) is 1. The molecule has 1 saturated carbocycles. The molecule has 1 fully saturated rings. The van der Waals surface area contributed by atoms with Gasteiger partial charge in [-0.3, -0.25) is 9.59 Å². The van der Waals surface area contributed by atoms with E-state index in [4.69, 9.17) is 9.84 Å². The summed E-state index contributed by atoms with van der Waals surface area (Å²) >= 11 is 0. The summed E-state index contributed by atoms with van der Waals surface area (Å²) in [6, 6.07) is 0. The first-order chi connectivity index (χ1) is 11.2. The van der Waals surface area contributed by atoms with E-state index in [1.54, 1.807) is 0 Å². The normalized spacial score (nSPS) is 18.6. The topological polar surface area (TPSA) is 63.6 Å². The molecular formula is C20H36O4. The van der Waals surface area contributed by atoms with E-state index in [1.165, 1.54) is 19.3 Å². The standard InChI is InChI=1S/C20H36O4/c1-15(2)12-13-20(14-16(3)4,17-8-6-5-7-9-17)24-19(23)11-10-18(21)22/h15-17H,5-14H2,1-4H3,(H,21,22). The Hall–Kier alpha value is -1.06. The zero-order valence-corrected chi connectivity index (χ0v) is 16.0. The summed E-state index contributed by atoms with van der Waals surface area (Å²) in [6.45, 7) is 8.76. The molecule has 140 valence electrons. The van der Waals surface area contributed by atoms with Crippen molar-refractivity contribution in [2.24, 2.45) is 17.8 Å². The zero-order chi connectivity index (χ0) is 18.2. The third-order valence-corrected chi connectivity index (χ3v) is 5.11. The number of carbonyl (C=O) groups excluding carboxylic acids is 1. The summed E-state index contributed by atoms with van der Waals surface area (Å²) in [6.07, 6.45) is 8.57. The van der Waals surface area contributed by atoms with Crippen molar-refractivity contribution in [1.82, 2.24) is 0 Å². The first kappa shape index (κ1) is 21.0. The van der Waals surface area contributed by atoms with Crippen LogP contribution in [0.4, 0.5) is 0 Å². The van der Waals surface area contributed by atoms with E-state index in [0.717, 1.165) is 32.1 Å². The second-order valence-electron chi connectivity index (χ2n) is 8.30. The van der Waals surface area contributed by atoms with E-state index >= 15 is 0 Å². The van der Waals surface area contributed by atoms with E-state index in [1.807, 2.05) is 0 Å². The van der Waals surface area contributed by atoms with Crippen molar-refractivity contribution in [2.75, 3.05) is 0 Å². The number of carboxylic acid groups (broad SMARTS) is 1. The number of hydrogen-bond acceptors (Lipinski definition) is 3. The molecule has 0 aliphatic heterocycles. The lowest BCUT2D eigenvalue weighted by Gasteiger charge is -2.44. The van der Waals surface area contributed by atoms with Crippen molar-refractivity contribution in [1.29, 1.82) is 0 Å². The molecule has 0 radical (unpaired) electrons. The van der Waals surface area contributed by atoms with Gasteiger partial charge in [0.05, 0.1) is 12.8 Å². The quantitative estimate of drug-likeness (QED) is 0.555. The molecular weight excluding hydrogens is 304 g/mol. The van der Waals surface area contributed by atoms with Gasteiger partial charge in [0, 0.05) is 0 Å². The average molecular weight is 341 g/mol. The highest BCUT2D eigenvalue weighted by Crippen LogP contribution is 2.43. The van der Waals surface area contributed by atoms with Crippen LogP contribution in [0, 0.1) is 17.8 Å². The summed E-state index contributed by atoms with van der Waals surface area (Å²) in [7, 11) is 0. The first-order valence-corrected chi connectivity index (χ1v) is 9.69. The maximum Gasteiger partial charge on any atom is 0.306 e. The fraction of sp³-hybridized carbons (Fsp3) is 0.900. The van der Waals surface area contributed by atoms with Crippen molar-refractivity contribution < 1.29 is 19.4 Å². The van der Waals surface area contributed by atoms with Crippen LogP contribution in [-0.4, -0.2) is 22.6 Å². The van der Waals surface area contributed by atoms with Crippen LogP contribution in [-0.2, 0) is 14.3 Å². The molecule has 4 nitrogen and oxygen atoms in total. The van der Waals surface area contributed by atoms with Crippen LogP contribution in [0.15, 0.2) is 0 Å². The van der Waals surface area contributed by atoms with E-state index in [0.29, 0.717) is 17.8 Å². The fourth-order valence-electron chi connectivity index (χ4n) is 3.99. The number of aliphatic carboxylic acids is 1. The number of rotatable bonds is 10. The molecule has 1 unspecified atom stereocenters. The lowest BCUT2D eigenvalue weighted by atomic mass is 9.70. The molecule has 1 atom stereocenters. The smallest absolute Gasteiger partial charge is 0.306 e. The Morgan fingerprint density at radius 1 is 1.04 bits per heavy atom. The second-order valence-corrected chi connectivity index (χ2v) is 8.30. The van der Waals surface area contributed by atoms with Crippen LogP contribution in [0.5, 0.6) is 0 Å². The number of ether oxygens (including phenoxy) is 1. The van der Waals surface area contributed by atoms with Crippen molar-refractivity contribution in [2.45, 2.75) is 97.5 Å². The first-order valence-electron chi connectivity index (χ1n) is 9.69. The van der Waals surface area contributed by atoms with Gasteiger partial charge < -0.3 is 9.84 Å². The second kappa shape index (κ2) is 10.0. The van der Waals surface area contributed by atoms with Gasteiger partial charge in [0.2, 0.25) is 0 Å². The van der Waals surface area contributed by atoms with Crippen LogP contribution < -0.4 is 0 Å². The Bertz CT molecular complexity index is 396. The Morgan fingerprint density at radius 3 is 2.17 bits per heavy atom. The van der Waals surface area contributed by atoms with E-state index < -0.39 is 11.6 Å². The predicted molar refractivity (Wildman–Crippen MR) is 95.8 cm³/mol. The summed E-state index contributed by atoms with van der Waals surface area (Å²) in [5.41, 5.74) is -0.408. The van der Waals surface area contributed by atoms with Crippen molar-refractivity contribution >= 4 is 11.9 Å². The molecule has 0 aromatic rings. The molecule has 1 aliphatic carbocycles. The average Bonchev–Trinajstić information content (AvgIpc) is 2.51. The van der Waals surface area contributed by atoms with Gasteiger partial charge in [-0.15, -0.1) is 0 Å². The minimum Gasteiger partial charge on any atom is -0.481 e. The summed E-state index contributed by atoms with van der Waals surface area (Å²) in [4.78, 5) is 23.1. The molecule has 1 aliphatic rings. The highest BCUT2D eigenvalue weighted by Gasteiger charge is 2.42. The molecule has 0 bridgehead atoms. The number of carbonyl (C=O) groups is 2. The van der Waals surface area contributed by atoms with E-state index in [-0.39, 0.29) is 18.8 Å². The highest BCUT2D eigenvalue weighted by molar-refractivity contribution is 5.76. The summed E-state index contributed by atoms with van der Waals surface area (Å²) in [5, 5.41) is 8.82. The molecule has 0 heterocycles. The van der Waals surface area contributed by atoms with Gasteiger partial charge in [-0.1, -0.05) is 47.0 Å². The third kappa shape index (κ3) is 7.23. The van der Waals surface area contributed by atoms with Crippen LogP contribution in [0.3, 0.4) is 0 Å². The molecule has 0 amide bonds. The number of esters is 1. The van der Waals surface area contributed by atoms with Gasteiger partial charge in [-0.2, -0.15) is 0 Å². The minimum atomic E-state index is -0.943. The van der Waals surface area contributed by atoms with Crippen molar-refractivity contribution in [3.8, 4) is 0 Å². The maximum atomic E-state index is 12.3. The molecule has 4 heteroatoms. The zero-order valence-electron chi connectivity index (χ0n) is 16.0. The van der Waals surface area contributed by atoms with Crippen molar-refractivity contribution in [3.05, 3.63) is 0 Å². The Morgan fingerprint density at radius 2 is 1.67 bits per heavy atom. The Kier molecular flexibility index (Phi) is 8.79. The van der Waals surface area contributed by atoms with E-state index in [2.05, 4.69) is 27.7 Å². The molecule has 0 spiro atoms. The van der Waals surface area contributed by atoms with Gasteiger partial charge in [0.1, 0.15) is 5.60 Å². The van der Waals surface area contributed by atoms with Gasteiger partial charge in [0.15, 0.2) is 0 Å². The summed E-state index contributed by atoms with van der Waals surface area (Å²) < 4.78 is 6.09. The minimum absolute atomic E-state index is 0.0242. The van der Waals surface area contributed by atoms with Crippen molar-refractivity contribution in [3.63, 3.8) is 0 Å². The van der Waals surface area contributed by atoms with Gasteiger partial charge in [-0.05, 0) is 49.9 Å². The molecule has 0 aromatic heterocycles. The van der Waals surface area contributed by atoms with Crippen LogP contribution in [0.1, 0.15) is 91.9 Å². The maximum absolute atomic E-state index is 12.3. The molecule has 1 N–H and O–H groups in total. The number of carboxylic acids is 1. The SMILES string of the molecule is CC(C)CCC(CC(C)C)(OC(=O)CCC(=O)O)C1CCCCC1. The lowest BCUT2D eigenvalue weighted by Crippen LogP contribution is -2.45. The molecule has 0 aromatic carbocycles. The van der Waals surface area contributed by atoms with Crippen LogP contribution in [0.2, 0.25) is 0 Å². The highest BCUT2D eigenvalue weighted by atomic mass is 16.6. The van der Waals surface area contributed by atoms with E-state index in [9.17, 15) is 9.59 Å². The fourth-order valence-corrected chi connectivity index (χ4v) is 3.99. The predicted octanol–water partition coefficient (Wildman–Crippen LogP) is 5.20.